The monoisotopic (exact) mass is 260 g/mol. The number of carbonyl (C=O) groups is 1. The fourth-order valence-electron chi connectivity index (χ4n) is 2.84. The van der Waals surface area contributed by atoms with Crippen LogP contribution in [0.3, 0.4) is 0 Å². The minimum atomic E-state index is -0.321. The molecule has 0 bridgehead atoms. The first-order valence-corrected chi connectivity index (χ1v) is 7.35. The highest BCUT2D eigenvalue weighted by Gasteiger charge is 2.37. The van der Waals surface area contributed by atoms with E-state index in [9.17, 15) is 4.79 Å². The summed E-state index contributed by atoms with van der Waals surface area (Å²) in [7, 11) is 0. The molecule has 1 fully saturated rings. The van der Waals surface area contributed by atoms with Gasteiger partial charge in [-0.1, -0.05) is 19.4 Å². The fraction of sp³-hybridized carbons (Fsp3) is 0.625. The average Bonchev–Trinajstić information content (AvgIpc) is 2.48. The molecule has 0 aromatic carbocycles. The molecule has 2 heterocycles. The van der Waals surface area contributed by atoms with Crippen molar-refractivity contribution in [3.63, 3.8) is 0 Å². The van der Waals surface area contributed by atoms with E-state index in [4.69, 9.17) is 0 Å². The number of Topliss-reactive ketones (excluding diaryl/α,β-unsaturated/α-hetero) is 1. The topological polar surface area (TPSA) is 33.2 Å². The molecule has 104 valence electrons. The van der Waals surface area contributed by atoms with Crippen molar-refractivity contribution in [1.29, 1.82) is 0 Å². The van der Waals surface area contributed by atoms with E-state index in [1.165, 1.54) is 19.3 Å². The molecule has 3 nitrogen and oxygen atoms in total. The van der Waals surface area contributed by atoms with Crippen molar-refractivity contribution in [2.45, 2.75) is 51.5 Å². The van der Waals surface area contributed by atoms with Gasteiger partial charge in [-0.25, -0.2) is 0 Å². The Morgan fingerprint density at radius 2 is 2.05 bits per heavy atom. The summed E-state index contributed by atoms with van der Waals surface area (Å²) >= 11 is 0. The first-order valence-electron chi connectivity index (χ1n) is 7.35. The number of piperidine rings is 1. The molecular formula is C16H24N2O. The molecule has 1 unspecified atom stereocenters. The van der Waals surface area contributed by atoms with Gasteiger partial charge in [-0.05, 0) is 51.4 Å². The Kier molecular flexibility index (Phi) is 4.70. The maximum absolute atomic E-state index is 12.7. The summed E-state index contributed by atoms with van der Waals surface area (Å²) in [5.74, 6) is 0.301. The second-order valence-electron chi connectivity index (χ2n) is 5.60. The van der Waals surface area contributed by atoms with Crippen LogP contribution in [0.2, 0.25) is 0 Å². The van der Waals surface area contributed by atoms with Gasteiger partial charge in [-0.15, -0.1) is 0 Å². The third-order valence-corrected chi connectivity index (χ3v) is 4.41. The maximum atomic E-state index is 12.7. The van der Waals surface area contributed by atoms with Crippen LogP contribution in [0.4, 0.5) is 0 Å². The molecule has 0 N–H and O–H groups in total. The predicted molar refractivity (Wildman–Crippen MR) is 77.1 cm³/mol. The smallest absolute Gasteiger partial charge is 0.158 e. The van der Waals surface area contributed by atoms with Crippen molar-refractivity contribution in [3.8, 4) is 0 Å². The van der Waals surface area contributed by atoms with Gasteiger partial charge < -0.3 is 0 Å². The number of pyridine rings is 1. The number of carbonyl (C=O) groups excluding carboxylic acids is 1. The standard InChI is InChI=1S/C16H24N2O/c1-3-16(2,18-11-7-4-8-12-18)15(19)13-14-9-5-6-10-17-14/h5-6,9-10H,3-4,7-8,11-13H2,1-2H3. The van der Waals surface area contributed by atoms with Gasteiger partial charge in [0.05, 0.1) is 12.0 Å². The highest BCUT2D eigenvalue weighted by atomic mass is 16.1. The lowest BCUT2D eigenvalue weighted by Gasteiger charge is -2.41. The zero-order chi connectivity index (χ0) is 13.7. The van der Waals surface area contributed by atoms with Crippen molar-refractivity contribution in [2.75, 3.05) is 13.1 Å². The Morgan fingerprint density at radius 1 is 1.32 bits per heavy atom. The van der Waals surface area contributed by atoms with Crippen LogP contribution in [-0.4, -0.2) is 34.3 Å². The highest BCUT2D eigenvalue weighted by Crippen LogP contribution is 2.26. The van der Waals surface area contributed by atoms with Gasteiger partial charge in [0.25, 0.3) is 0 Å². The molecule has 0 saturated carbocycles. The minimum Gasteiger partial charge on any atom is -0.297 e. The average molecular weight is 260 g/mol. The maximum Gasteiger partial charge on any atom is 0.158 e. The van der Waals surface area contributed by atoms with Crippen molar-refractivity contribution in [2.24, 2.45) is 0 Å². The molecule has 0 radical (unpaired) electrons. The van der Waals surface area contributed by atoms with E-state index in [-0.39, 0.29) is 5.54 Å². The molecule has 1 aliphatic rings. The molecule has 0 spiro atoms. The third-order valence-electron chi connectivity index (χ3n) is 4.41. The molecule has 1 atom stereocenters. The third kappa shape index (κ3) is 3.21. The molecule has 19 heavy (non-hydrogen) atoms. The first kappa shape index (κ1) is 14.2. The molecule has 1 aliphatic heterocycles. The summed E-state index contributed by atoms with van der Waals surface area (Å²) in [4.78, 5) is 19.3. The molecule has 3 heteroatoms. The first-order chi connectivity index (χ1) is 9.16. The van der Waals surface area contributed by atoms with Gasteiger partial charge in [0.2, 0.25) is 0 Å². The number of ketones is 1. The predicted octanol–water partition coefficient (Wildman–Crippen LogP) is 2.85. The Bertz CT molecular complexity index is 412. The van der Waals surface area contributed by atoms with E-state index in [0.717, 1.165) is 25.2 Å². The Morgan fingerprint density at radius 3 is 2.63 bits per heavy atom. The number of hydrogen-bond acceptors (Lipinski definition) is 3. The number of aromatic nitrogens is 1. The zero-order valence-corrected chi connectivity index (χ0v) is 12.1. The number of rotatable bonds is 5. The Labute approximate surface area is 116 Å². The van der Waals surface area contributed by atoms with E-state index < -0.39 is 0 Å². The number of likely N-dealkylation sites (tertiary alicyclic amines) is 1. The van der Waals surface area contributed by atoms with E-state index in [1.54, 1.807) is 6.20 Å². The quantitative estimate of drug-likeness (QED) is 0.816. The van der Waals surface area contributed by atoms with E-state index in [2.05, 4.69) is 23.7 Å². The van der Waals surface area contributed by atoms with Crippen LogP contribution in [0.25, 0.3) is 0 Å². The zero-order valence-electron chi connectivity index (χ0n) is 12.1. The van der Waals surface area contributed by atoms with Crippen LogP contribution in [-0.2, 0) is 11.2 Å². The molecule has 2 rings (SSSR count). The Balaban J connectivity index is 2.09. The molecule has 0 amide bonds. The molecule has 0 aliphatic carbocycles. The highest BCUT2D eigenvalue weighted by molar-refractivity contribution is 5.89. The summed E-state index contributed by atoms with van der Waals surface area (Å²) in [6, 6.07) is 5.77. The lowest BCUT2D eigenvalue weighted by atomic mass is 9.86. The molecule has 1 saturated heterocycles. The van der Waals surface area contributed by atoms with E-state index >= 15 is 0 Å². The van der Waals surface area contributed by atoms with Crippen molar-refractivity contribution in [3.05, 3.63) is 30.1 Å². The summed E-state index contributed by atoms with van der Waals surface area (Å²) in [5, 5.41) is 0. The normalized spacial score (nSPS) is 19.9. The summed E-state index contributed by atoms with van der Waals surface area (Å²) < 4.78 is 0. The van der Waals surface area contributed by atoms with Crippen LogP contribution < -0.4 is 0 Å². The van der Waals surface area contributed by atoms with Crippen LogP contribution in [0.15, 0.2) is 24.4 Å². The Hall–Kier alpha value is -1.22. The van der Waals surface area contributed by atoms with Crippen molar-refractivity contribution < 1.29 is 4.79 Å². The van der Waals surface area contributed by atoms with Gasteiger partial charge >= 0.3 is 0 Å². The second kappa shape index (κ2) is 6.29. The van der Waals surface area contributed by atoms with Gasteiger partial charge in [-0.2, -0.15) is 0 Å². The van der Waals surface area contributed by atoms with Crippen LogP contribution in [0.1, 0.15) is 45.2 Å². The summed E-state index contributed by atoms with van der Waals surface area (Å²) in [5.41, 5.74) is 0.557. The van der Waals surface area contributed by atoms with Crippen molar-refractivity contribution in [1.82, 2.24) is 9.88 Å². The summed E-state index contributed by atoms with van der Waals surface area (Å²) in [6.45, 7) is 6.32. The number of hydrogen-bond donors (Lipinski definition) is 0. The van der Waals surface area contributed by atoms with Crippen LogP contribution in [0, 0.1) is 0 Å². The summed E-state index contributed by atoms with van der Waals surface area (Å²) in [6.07, 6.45) is 6.80. The van der Waals surface area contributed by atoms with Crippen molar-refractivity contribution >= 4 is 5.78 Å². The largest absolute Gasteiger partial charge is 0.297 e. The van der Waals surface area contributed by atoms with E-state index in [0.29, 0.717) is 12.2 Å². The lowest BCUT2D eigenvalue weighted by Crippen LogP contribution is -2.54. The molecule has 1 aromatic heterocycles. The van der Waals surface area contributed by atoms with Gasteiger partial charge in [0.15, 0.2) is 5.78 Å². The molecular weight excluding hydrogens is 236 g/mol. The number of nitrogens with zero attached hydrogens (tertiary/aromatic N) is 2. The minimum absolute atomic E-state index is 0.301. The van der Waals surface area contributed by atoms with Gasteiger partial charge in [0.1, 0.15) is 0 Å². The van der Waals surface area contributed by atoms with Crippen LogP contribution >= 0.6 is 0 Å². The van der Waals surface area contributed by atoms with Gasteiger partial charge in [-0.3, -0.25) is 14.7 Å². The van der Waals surface area contributed by atoms with Gasteiger partial charge in [0, 0.05) is 11.9 Å². The van der Waals surface area contributed by atoms with Crippen LogP contribution in [0.5, 0.6) is 0 Å². The lowest BCUT2D eigenvalue weighted by molar-refractivity contribution is -0.130. The molecule has 1 aromatic rings. The SMILES string of the molecule is CCC(C)(C(=O)Cc1ccccn1)N1CCCCC1. The second-order valence-corrected chi connectivity index (χ2v) is 5.60. The fourth-order valence-corrected chi connectivity index (χ4v) is 2.84. The van der Waals surface area contributed by atoms with E-state index in [1.807, 2.05) is 18.2 Å².